The molecule has 0 radical (unpaired) electrons. The van der Waals surface area contributed by atoms with Crippen LogP contribution in [-0.2, 0) is 6.42 Å². The fourth-order valence-corrected chi connectivity index (χ4v) is 2.96. The predicted octanol–water partition coefficient (Wildman–Crippen LogP) is 3.25. The zero-order chi connectivity index (χ0) is 13.8. The first-order chi connectivity index (χ1) is 9.10. The quantitative estimate of drug-likeness (QED) is 0.921. The summed E-state index contributed by atoms with van der Waals surface area (Å²) in [5.74, 6) is -1.17. The molecule has 102 valence electrons. The van der Waals surface area contributed by atoms with Crippen LogP contribution in [0.15, 0.2) is 27.7 Å². The van der Waals surface area contributed by atoms with Gasteiger partial charge >= 0.3 is 0 Å². The first-order valence-electron chi connectivity index (χ1n) is 5.78. The van der Waals surface area contributed by atoms with E-state index in [1.165, 1.54) is 18.5 Å². The Balaban J connectivity index is 2.22. The molecule has 0 aliphatic carbocycles. The molecule has 0 spiro atoms. The average molecular weight is 301 g/mol. The second kappa shape index (κ2) is 6.40. The number of benzene rings is 1. The molecule has 0 saturated carbocycles. The molecule has 1 atom stereocenters. The summed E-state index contributed by atoms with van der Waals surface area (Å²) in [5, 5.41) is 0. The SMILES string of the molecule is CCC(N)Cc1cc(F)c(Sc2ncns2)c(F)c1. The molecule has 1 heterocycles. The molecule has 2 aromatic rings. The summed E-state index contributed by atoms with van der Waals surface area (Å²) in [6.07, 6.45) is 2.59. The van der Waals surface area contributed by atoms with Gasteiger partial charge in [-0.05, 0) is 42.1 Å². The summed E-state index contributed by atoms with van der Waals surface area (Å²) < 4.78 is 32.1. The fourth-order valence-electron chi connectivity index (χ4n) is 1.57. The van der Waals surface area contributed by atoms with Gasteiger partial charge in [-0.1, -0.05) is 18.7 Å². The standard InChI is InChI=1S/C12H13F2N3S2/c1-2-8(15)3-7-4-9(13)11(10(14)5-7)18-12-16-6-17-19-12/h4-6,8H,2-3,15H2,1H3. The van der Waals surface area contributed by atoms with E-state index in [0.29, 0.717) is 16.3 Å². The largest absolute Gasteiger partial charge is 0.327 e. The molecule has 1 unspecified atom stereocenters. The van der Waals surface area contributed by atoms with Crippen LogP contribution in [0.25, 0.3) is 0 Å². The zero-order valence-corrected chi connectivity index (χ0v) is 11.9. The molecule has 3 nitrogen and oxygen atoms in total. The van der Waals surface area contributed by atoms with Crippen LogP contribution in [-0.4, -0.2) is 15.4 Å². The van der Waals surface area contributed by atoms with Gasteiger partial charge in [-0.25, -0.2) is 13.8 Å². The van der Waals surface area contributed by atoms with E-state index in [2.05, 4.69) is 9.36 Å². The zero-order valence-electron chi connectivity index (χ0n) is 10.3. The number of hydrogen-bond donors (Lipinski definition) is 1. The molecule has 0 amide bonds. The van der Waals surface area contributed by atoms with E-state index in [4.69, 9.17) is 5.73 Å². The molecule has 0 saturated heterocycles. The maximum Gasteiger partial charge on any atom is 0.174 e. The van der Waals surface area contributed by atoms with Crippen molar-refractivity contribution in [2.24, 2.45) is 5.73 Å². The van der Waals surface area contributed by atoms with Crippen LogP contribution < -0.4 is 5.73 Å². The van der Waals surface area contributed by atoms with E-state index in [1.54, 1.807) is 0 Å². The lowest BCUT2D eigenvalue weighted by atomic mass is 10.0. The van der Waals surface area contributed by atoms with Gasteiger partial charge < -0.3 is 5.73 Å². The number of aromatic nitrogens is 2. The van der Waals surface area contributed by atoms with Gasteiger partial charge in [-0.2, -0.15) is 4.37 Å². The molecule has 0 aliphatic heterocycles. The Hall–Kier alpha value is -1.05. The number of rotatable bonds is 5. The number of nitrogens with two attached hydrogens (primary N) is 1. The van der Waals surface area contributed by atoms with Crippen molar-refractivity contribution in [2.45, 2.75) is 35.0 Å². The lowest BCUT2D eigenvalue weighted by Gasteiger charge is -2.10. The smallest absolute Gasteiger partial charge is 0.174 e. The molecule has 19 heavy (non-hydrogen) atoms. The fraction of sp³-hybridized carbons (Fsp3) is 0.333. The van der Waals surface area contributed by atoms with Crippen molar-refractivity contribution in [1.29, 1.82) is 0 Å². The molecular weight excluding hydrogens is 288 g/mol. The Morgan fingerprint density at radius 2 is 2.05 bits per heavy atom. The van der Waals surface area contributed by atoms with Gasteiger partial charge in [0.2, 0.25) is 0 Å². The topological polar surface area (TPSA) is 51.8 Å². The highest BCUT2D eigenvalue weighted by molar-refractivity contribution is 8.01. The van der Waals surface area contributed by atoms with Crippen molar-refractivity contribution < 1.29 is 8.78 Å². The van der Waals surface area contributed by atoms with E-state index in [9.17, 15) is 8.78 Å². The third-order valence-electron chi connectivity index (χ3n) is 2.61. The van der Waals surface area contributed by atoms with Crippen molar-refractivity contribution in [3.8, 4) is 0 Å². The number of nitrogens with zero attached hydrogens (tertiary/aromatic N) is 2. The minimum Gasteiger partial charge on any atom is -0.327 e. The molecule has 2 rings (SSSR count). The normalized spacial score (nSPS) is 12.6. The lowest BCUT2D eigenvalue weighted by molar-refractivity contribution is 0.533. The van der Waals surface area contributed by atoms with Crippen molar-refractivity contribution in [2.75, 3.05) is 0 Å². The molecule has 1 aromatic carbocycles. The lowest BCUT2D eigenvalue weighted by Crippen LogP contribution is -2.21. The van der Waals surface area contributed by atoms with E-state index >= 15 is 0 Å². The van der Waals surface area contributed by atoms with E-state index in [1.807, 2.05) is 6.92 Å². The number of hydrogen-bond acceptors (Lipinski definition) is 5. The Labute approximate surface area is 118 Å². The van der Waals surface area contributed by atoms with Crippen molar-refractivity contribution in [3.05, 3.63) is 35.7 Å². The van der Waals surface area contributed by atoms with Gasteiger partial charge in [0.15, 0.2) is 4.34 Å². The summed E-state index contributed by atoms with van der Waals surface area (Å²) in [6.45, 7) is 1.94. The molecular formula is C12H13F2N3S2. The molecule has 0 aliphatic rings. The van der Waals surface area contributed by atoms with Crippen LogP contribution in [0, 0.1) is 11.6 Å². The van der Waals surface area contributed by atoms with Gasteiger partial charge in [-0.15, -0.1) is 0 Å². The van der Waals surface area contributed by atoms with E-state index in [0.717, 1.165) is 29.7 Å². The molecule has 0 fully saturated rings. The minimum absolute atomic E-state index is 0.0504. The first-order valence-corrected chi connectivity index (χ1v) is 7.37. The van der Waals surface area contributed by atoms with Crippen LogP contribution in [0.5, 0.6) is 0 Å². The highest BCUT2D eigenvalue weighted by Crippen LogP contribution is 2.33. The Morgan fingerprint density at radius 1 is 1.37 bits per heavy atom. The van der Waals surface area contributed by atoms with Gasteiger partial charge in [0.25, 0.3) is 0 Å². The van der Waals surface area contributed by atoms with Gasteiger partial charge in [0.05, 0.1) is 4.90 Å². The van der Waals surface area contributed by atoms with E-state index in [-0.39, 0.29) is 10.9 Å². The third kappa shape index (κ3) is 3.71. The Kier molecular flexibility index (Phi) is 4.84. The summed E-state index contributed by atoms with van der Waals surface area (Å²) in [4.78, 5) is 3.84. The molecule has 7 heteroatoms. The molecule has 0 bridgehead atoms. The van der Waals surface area contributed by atoms with Crippen molar-refractivity contribution in [1.82, 2.24) is 9.36 Å². The second-order valence-electron chi connectivity index (χ2n) is 4.07. The number of halogens is 2. The average Bonchev–Trinajstić information content (AvgIpc) is 2.86. The summed E-state index contributed by atoms with van der Waals surface area (Å²) >= 11 is 2.05. The highest BCUT2D eigenvalue weighted by atomic mass is 32.2. The Morgan fingerprint density at radius 3 is 2.58 bits per heavy atom. The highest BCUT2D eigenvalue weighted by Gasteiger charge is 2.15. The molecule has 2 N–H and O–H groups in total. The monoisotopic (exact) mass is 301 g/mol. The summed E-state index contributed by atoms with van der Waals surface area (Å²) in [5.41, 5.74) is 6.36. The third-order valence-corrected chi connectivity index (χ3v) is 4.42. The van der Waals surface area contributed by atoms with Crippen LogP contribution in [0.3, 0.4) is 0 Å². The Bertz CT molecular complexity index is 523. The summed E-state index contributed by atoms with van der Waals surface area (Å²) in [7, 11) is 0. The van der Waals surface area contributed by atoms with Crippen LogP contribution >= 0.6 is 23.3 Å². The molecule has 1 aromatic heterocycles. The van der Waals surface area contributed by atoms with Crippen LogP contribution in [0.4, 0.5) is 8.78 Å². The van der Waals surface area contributed by atoms with Gasteiger partial charge in [0, 0.05) is 6.04 Å². The summed E-state index contributed by atoms with van der Waals surface area (Å²) in [6, 6.07) is 2.59. The van der Waals surface area contributed by atoms with E-state index < -0.39 is 11.6 Å². The maximum absolute atomic E-state index is 13.9. The van der Waals surface area contributed by atoms with Gasteiger partial charge in [-0.3, -0.25) is 0 Å². The van der Waals surface area contributed by atoms with Crippen molar-refractivity contribution in [3.63, 3.8) is 0 Å². The van der Waals surface area contributed by atoms with Crippen molar-refractivity contribution >= 4 is 23.3 Å². The second-order valence-corrected chi connectivity index (χ2v) is 6.11. The van der Waals surface area contributed by atoms with Crippen LogP contribution in [0.1, 0.15) is 18.9 Å². The first kappa shape index (κ1) is 14.4. The predicted molar refractivity (Wildman–Crippen MR) is 72.4 cm³/mol. The maximum atomic E-state index is 13.9. The minimum atomic E-state index is -0.585. The van der Waals surface area contributed by atoms with Gasteiger partial charge in [0.1, 0.15) is 18.0 Å². The van der Waals surface area contributed by atoms with Crippen LogP contribution in [0.2, 0.25) is 0 Å².